The number of piperidine rings is 1. The van der Waals surface area contributed by atoms with Gasteiger partial charge in [-0.3, -0.25) is 4.79 Å². The average molecular weight is 354 g/mol. The van der Waals surface area contributed by atoms with Gasteiger partial charge in [0, 0.05) is 26.2 Å². The Kier molecular flexibility index (Phi) is 6.62. The fraction of sp³-hybridized carbons (Fsp3) is 0.588. The summed E-state index contributed by atoms with van der Waals surface area (Å²) in [7, 11) is -3.43. The van der Waals surface area contributed by atoms with Crippen LogP contribution in [0.3, 0.4) is 0 Å². The van der Waals surface area contributed by atoms with E-state index in [1.54, 1.807) is 29.2 Å². The molecule has 1 heterocycles. The molecule has 1 aliphatic heterocycles. The van der Waals surface area contributed by atoms with Gasteiger partial charge in [0.2, 0.25) is 10.0 Å². The van der Waals surface area contributed by atoms with Crippen molar-refractivity contribution in [3.63, 3.8) is 0 Å². The van der Waals surface area contributed by atoms with Gasteiger partial charge in [-0.25, -0.2) is 8.42 Å². The number of carbonyl (C=O) groups is 1. The summed E-state index contributed by atoms with van der Waals surface area (Å²) < 4.78 is 32.1. The lowest BCUT2D eigenvalue weighted by Gasteiger charge is -2.25. The van der Waals surface area contributed by atoms with Crippen molar-refractivity contribution in [1.29, 1.82) is 0 Å². The van der Waals surface area contributed by atoms with Crippen molar-refractivity contribution in [3.8, 4) is 5.75 Å². The minimum atomic E-state index is -3.43. The Morgan fingerprint density at radius 1 is 1.08 bits per heavy atom. The molecule has 6 nitrogen and oxygen atoms in total. The number of amides is 1. The van der Waals surface area contributed by atoms with Gasteiger partial charge in [0.1, 0.15) is 5.75 Å². The van der Waals surface area contributed by atoms with Crippen molar-refractivity contribution in [2.75, 3.05) is 32.8 Å². The first-order chi connectivity index (χ1) is 11.5. The third-order valence-corrected chi connectivity index (χ3v) is 6.17. The van der Waals surface area contributed by atoms with Gasteiger partial charge in [-0.15, -0.1) is 0 Å². The van der Waals surface area contributed by atoms with Crippen molar-refractivity contribution < 1.29 is 17.9 Å². The third-order valence-electron chi connectivity index (χ3n) is 4.25. The summed E-state index contributed by atoms with van der Waals surface area (Å²) in [5.41, 5.74) is 0. The smallest absolute Gasteiger partial charge is 0.260 e. The highest BCUT2D eigenvalue weighted by atomic mass is 32.2. The van der Waals surface area contributed by atoms with Crippen LogP contribution in [0.4, 0.5) is 0 Å². The molecule has 2 rings (SSSR count). The van der Waals surface area contributed by atoms with Crippen LogP contribution in [0.1, 0.15) is 33.1 Å². The maximum atomic E-state index is 12.6. The van der Waals surface area contributed by atoms with Gasteiger partial charge < -0.3 is 9.64 Å². The fourth-order valence-electron chi connectivity index (χ4n) is 2.77. The van der Waals surface area contributed by atoms with E-state index in [-0.39, 0.29) is 17.4 Å². The highest BCUT2D eigenvalue weighted by molar-refractivity contribution is 7.89. The first-order valence-electron chi connectivity index (χ1n) is 8.49. The zero-order valence-corrected chi connectivity index (χ0v) is 15.2. The summed E-state index contributed by atoms with van der Waals surface area (Å²) in [6, 6.07) is 6.29. The number of carbonyl (C=O) groups excluding carboxylic acids is 1. The second-order valence-electron chi connectivity index (χ2n) is 5.79. The second-order valence-corrected chi connectivity index (χ2v) is 7.73. The predicted octanol–water partition coefficient (Wildman–Crippen LogP) is 2.11. The molecule has 1 amide bonds. The van der Waals surface area contributed by atoms with Crippen molar-refractivity contribution in [2.24, 2.45) is 0 Å². The molecule has 1 saturated heterocycles. The SMILES string of the molecule is CCN(CC)C(=O)COc1ccc(S(=O)(=O)N2CCCCC2)cc1. The molecule has 1 aromatic rings. The Labute approximate surface area is 144 Å². The molecular formula is C17H26N2O4S. The van der Waals surface area contributed by atoms with Crippen LogP contribution in [0.25, 0.3) is 0 Å². The molecule has 0 N–H and O–H groups in total. The maximum absolute atomic E-state index is 12.6. The number of likely N-dealkylation sites (N-methyl/N-ethyl adjacent to an activating group) is 1. The molecule has 0 bridgehead atoms. The second kappa shape index (κ2) is 8.48. The van der Waals surface area contributed by atoms with Crippen LogP contribution >= 0.6 is 0 Å². The lowest BCUT2D eigenvalue weighted by atomic mass is 10.2. The van der Waals surface area contributed by atoms with Crippen LogP contribution < -0.4 is 4.74 Å². The molecule has 0 spiro atoms. The predicted molar refractivity (Wildman–Crippen MR) is 92.5 cm³/mol. The zero-order chi connectivity index (χ0) is 17.6. The molecule has 0 atom stereocenters. The van der Waals surface area contributed by atoms with E-state index < -0.39 is 10.0 Å². The van der Waals surface area contributed by atoms with E-state index in [4.69, 9.17) is 4.74 Å². The van der Waals surface area contributed by atoms with Gasteiger partial charge in [-0.05, 0) is 51.0 Å². The van der Waals surface area contributed by atoms with Gasteiger partial charge in [0.05, 0.1) is 4.90 Å². The van der Waals surface area contributed by atoms with E-state index in [2.05, 4.69) is 0 Å². The Morgan fingerprint density at radius 3 is 2.21 bits per heavy atom. The minimum Gasteiger partial charge on any atom is -0.484 e. The summed E-state index contributed by atoms with van der Waals surface area (Å²) in [4.78, 5) is 13.9. The largest absolute Gasteiger partial charge is 0.484 e. The quantitative estimate of drug-likeness (QED) is 0.752. The topological polar surface area (TPSA) is 66.9 Å². The highest BCUT2D eigenvalue weighted by Gasteiger charge is 2.25. The van der Waals surface area contributed by atoms with Crippen LogP contribution in [0, 0.1) is 0 Å². The van der Waals surface area contributed by atoms with Gasteiger partial charge in [-0.1, -0.05) is 6.42 Å². The van der Waals surface area contributed by atoms with Gasteiger partial charge in [0.25, 0.3) is 5.91 Å². The number of benzene rings is 1. The summed E-state index contributed by atoms with van der Waals surface area (Å²) in [6.07, 6.45) is 2.90. The molecule has 0 unspecified atom stereocenters. The molecule has 1 fully saturated rings. The molecule has 0 aromatic heterocycles. The Balaban J connectivity index is 1.98. The molecule has 0 aliphatic carbocycles. The number of hydrogen-bond donors (Lipinski definition) is 0. The summed E-state index contributed by atoms with van der Waals surface area (Å²) in [5.74, 6) is 0.415. The Bertz CT molecular complexity index is 633. The first-order valence-corrected chi connectivity index (χ1v) is 9.93. The molecule has 1 aliphatic rings. The van der Waals surface area contributed by atoms with Crippen LogP contribution in [-0.2, 0) is 14.8 Å². The lowest BCUT2D eigenvalue weighted by Crippen LogP contribution is -2.35. The van der Waals surface area contributed by atoms with Crippen molar-refractivity contribution in [2.45, 2.75) is 38.0 Å². The third kappa shape index (κ3) is 4.48. The summed E-state index contributed by atoms with van der Waals surface area (Å²) in [6.45, 7) is 6.25. The van der Waals surface area contributed by atoms with Gasteiger partial charge in [-0.2, -0.15) is 4.31 Å². The summed E-state index contributed by atoms with van der Waals surface area (Å²) in [5, 5.41) is 0. The monoisotopic (exact) mass is 354 g/mol. The lowest BCUT2D eigenvalue weighted by molar-refractivity contribution is -0.132. The van der Waals surface area contributed by atoms with Gasteiger partial charge in [0.15, 0.2) is 6.61 Å². The van der Waals surface area contributed by atoms with E-state index in [1.807, 2.05) is 13.8 Å². The standard InChI is InChI=1S/C17H26N2O4S/c1-3-18(4-2)17(20)14-23-15-8-10-16(11-9-15)24(21,22)19-12-6-5-7-13-19/h8-11H,3-7,12-14H2,1-2H3. The van der Waals surface area contributed by atoms with Gasteiger partial charge >= 0.3 is 0 Å². The van der Waals surface area contributed by atoms with E-state index in [9.17, 15) is 13.2 Å². The van der Waals surface area contributed by atoms with Crippen LogP contribution in [0.15, 0.2) is 29.2 Å². The van der Waals surface area contributed by atoms with Crippen LogP contribution in [-0.4, -0.2) is 56.3 Å². The zero-order valence-electron chi connectivity index (χ0n) is 14.4. The highest BCUT2D eigenvalue weighted by Crippen LogP contribution is 2.22. The van der Waals surface area contributed by atoms with Crippen LogP contribution in [0.2, 0.25) is 0 Å². The van der Waals surface area contributed by atoms with Crippen LogP contribution in [0.5, 0.6) is 5.75 Å². The van der Waals surface area contributed by atoms with Crippen molar-refractivity contribution >= 4 is 15.9 Å². The molecule has 7 heteroatoms. The Hall–Kier alpha value is -1.60. The minimum absolute atomic E-state index is 0.0418. The molecule has 134 valence electrons. The van der Waals surface area contributed by atoms with Crippen molar-refractivity contribution in [3.05, 3.63) is 24.3 Å². The molecule has 0 saturated carbocycles. The number of hydrogen-bond acceptors (Lipinski definition) is 4. The number of sulfonamides is 1. The Morgan fingerprint density at radius 2 is 1.67 bits per heavy atom. The molecule has 0 radical (unpaired) electrons. The molecule has 24 heavy (non-hydrogen) atoms. The van der Waals surface area contributed by atoms with E-state index >= 15 is 0 Å². The molecular weight excluding hydrogens is 328 g/mol. The number of nitrogens with zero attached hydrogens (tertiary/aromatic N) is 2. The number of ether oxygens (including phenoxy) is 1. The maximum Gasteiger partial charge on any atom is 0.260 e. The number of rotatable bonds is 7. The normalized spacial score (nSPS) is 15.9. The van der Waals surface area contributed by atoms with Crippen molar-refractivity contribution in [1.82, 2.24) is 9.21 Å². The first kappa shape index (κ1) is 18.7. The van der Waals surface area contributed by atoms with E-state index in [0.29, 0.717) is 31.9 Å². The fourth-order valence-corrected chi connectivity index (χ4v) is 4.29. The van der Waals surface area contributed by atoms with E-state index in [1.165, 1.54) is 4.31 Å². The van der Waals surface area contributed by atoms with E-state index in [0.717, 1.165) is 19.3 Å². The average Bonchev–Trinajstić information content (AvgIpc) is 2.62. The molecule has 1 aromatic carbocycles. The summed E-state index contributed by atoms with van der Waals surface area (Å²) >= 11 is 0.